The molecule has 10 N–H and O–H groups in total. The van der Waals surface area contributed by atoms with Gasteiger partial charge in [-0.15, -0.1) is 0 Å². The van der Waals surface area contributed by atoms with Crippen molar-refractivity contribution in [3.05, 3.63) is 18.2 Å². The molecule has 0 aromatic carbocycles. The lowest BCUT2D eigenvalue weighted by atomic mass is 10.0. The Bertz CT molecular complexity index is 919. The Labute approximate surface area is 200 Å². The highest BCUT2D eigenvalue weighted by molar-refractivity contribution is 5.95. The largest absolute Gasteiger partial charge is 0.481 e. The van der Waals surface area contributed by atoms with Gasteiger partial charge in [0.15, 0.2) is 0 Å². The molecule has 0 radical (unpaired) electrons. The number of aromatic amines is 1. The average molecular weight is 498 g/mol. The molecule has 15 nitrogen and oxygen atoms in total. The fraction of sp³-hybridized carbons (Fsp3) is 0.550. The molecule has 0 aliphatic carbocycles. The number of hydrogen-bond acceptors (Lipinski definition) is 8. The molecule has 0 aliphatic heterocycles. The molecule has 1 aromatic heterocycles. The number of carbonyl (C=O) groups excluding carboxylic acids is 4. The minimum absolute atomic E-state index is 0.0478. The van der Waals surface area contributed by atoms with Gasteiger partial charge in [-0.3, -0.25) is 24.0 Å². The Morgan fingerprint density at radius 2 is 1.63 bits per heavy atom. The van der Waals surface area contributed by atoms with Crippen LogP contribution in [0.25, 0.3) is 0 Å². The lowest BCUT2D eigenvalue weighted by Crippen LogP contribution is -2.59. The number of aromatic nitrogens is 2. The van der Waals surface area contributed by atoms with Gasteiger partial charge in [0.1, 0.15) is 18.1 Å². The van der Waals surface area contributed by atoms with E-state index in [2.05, 4.69) is 25.9 Å². The van der Waals surface area contributed by atoms with Gasteiger partial charge in [0.05, 0.1) is 18.8 Å². The lowest BCUT2D eigenvalue weighted by Gasteiger charge is -2.26. The molecule has 1 heterocycles. The summed E-state index contributed by atoms with van der Waals surface area (Å²) in [5.74, 6) is -6.75. The first-order chi connectivity index (χ1) is 16.3. The first-order valence-corrected chi connectivity index (χ1v) is 10.7. The standard InChI is InChI=1S/C20H31N7O8/c1-9(2)16(19(33)25-12(20(34)35)3-4-14(22)28)27-18(32)13(6-15(29)30)26-17(31)11(21)5-10-7-23-8-24-10/h7-9,11-13,16H,3-6,21H2,1-2H3,(H2,22,28)(H,23,24)(H,25,33)(H,26,31)(H,27,32)(H,29,30)(H,34,35). The summed E-state index contributed by atoms with van der Waals surface area (Å²) in [5.41, 5.74) is 11.4. The Hall–Kier alpha value is -4.01. The summed E-state index contributed by atoms with van der Waals surface area (Å²) >= 11 is 0. The minimum atomic E-state index is -1.56. The smallest absolute Gasteiger partial charge is 0.326 e. The molecule has 0 bridgehead atoms. The van der Waals surface area contributed by atoms with Gasteiger partial charge in [-0.2, -0.15) is 0 Å². The normalized spacial score (nSPS) is 14.3. The Morgan fingerprint density at radius 3 is 2.11 bits per heavy atom. The molecule has 0 saturated carbocycles. The van der Waals surface area contributed by atoms with E-state index in [1.807, 2.05) is 0 Å². The van der Waals surface area contributed by atoms with Crippen LogP contribution in [0, 0.1) is 5.92 Å². The third-order valence-corrected chi connectivity index (χ3v) is 4.88. The summed E-state index contributed by atoms with van der Waals surface area (Å²) in [5, 5.41) is 25.3. The Balaban J connectivity index is 2.91. The number of nitrogens with zero attached hydrogens (tertiary/aromatic N) is 1. The van der Waals surface area contributed by atoms with Crippen LogP contribution in [0.3, 0.4) is 0 Å². The van der Waals surface area contributed by atoms with E-state index < -0.39 is 72.1 Å². The van der Waals surface area contributed by atoms with Crippen LogP contribution >= 0.6 is 0 Å². The SMILES string of the molecule is CC(C)C(NC(=O)C(CC(=O)O)NC(=O)C(N)Cc1cnc[nH]1)C(=O)NC(CCC(N)=O)C(=O)O. The highest BCUT2D eigenvalue weighted by Crippen LogP contribution is 2.07. The number of rotatable bonds is 15. The molecule has 0 spiro atoms. The first kappa shape index (κ1) is 29.0. The van der Waals surface area contributed by atoms with Crippen molar-refractivity contribution in [2.45, 2.75) is 63.7 Å². The van der Waals surface area contributed by atoms with E-state index in [-0.39, 0.29) is 19.3 Å². The summed E-state index contributed by atoms with van der Waals surface area (Å²) in [4.78, 5) is 78.1. The van der Waals surface area contributed by atoms with Crippen molar-refractivity contribution in [2.75, 3.05) is 0 Å². The van der Waals surface area contributed by atoms with Gasteiger partial charge >= 0.3 is 11.9 Å². The molecule has 35 heavy (non-hydrogen) atoms. The van der Waals surface area contributed by atoms with Crippen LogP contribution in [0.4, 0.5) is 0 Å². The fourth-order valence-electron chi connectivity index (χ4n) is 2.98. The van der Waals surface area contributed by atoms with Gasteiger partial charge in [0, 0.05) is 24.7 Å². The van der Waals surface area contributed by atoms with Crippen molar-refractivity contribution in [3.63, 3.8) is 0 Å². The van der Waals surface area contributed by atoms with E-state index >= 15 is 0 Å². The van der Waals surface area contributed by atoms with Crippen LogP contribution in [0.2, 0.25) is 0 Å². The number of amides is 4. The summed E-state index contributed by atoms with van der Waals surface area (Å²) in [6.07, 6.45) is 1.54. The number of nitrogens with two attached hydrogens (primary N) is 2. The van der Waals surface area contributed by atoms with Gasteiger partial charge in [-0.05, 0) is 12.3 Å². The highest BCUT2D eigenvalue weighted by Gasteiger charge is 2.33. The number of nitrogens with one attached hydrogen (secondary N) is 4. The number of H-pyrrole nitrogens is 1. The second kappa shape index (κ2) is 13.6. The Morgan fingerprint density at radius 1 is 1.00 bits per heavy atom. The lowest BCUT2D eigenvalue weighted by molar-refractivity contribution is -0.143. The van der Waals surface area contributed by atoms with Gasteiger partial charge in [-0.25, -0.2) is 9.78 Å². The van der Waals surface area contributed by atoms with Crippen molar-refractivity contribution < 1.29 is 39.0 Å². The van der Waals surface area contributed by atoms with Crippen molar-refractivity contribution in [3.8, 4) is 0 Å². The summed E-state index contributed by atoms with van der Waals surface area (Å²) in [7, 11) is 0. The van der Waals surface area contributed by atoms with Crippen molar-refractivity contribution in [1.29, 1.82) is 0 Å². The van der Waals surface area contributed by atoms with Crippen LogP contribution in [-0.4, -0.2) is 79.9 Å². The van der Waals surface area contributed by atoms with Crippen molar-refractivity contribution >= 4 is 35.6 Å². The van der Waals surface area contributed by atoms with Crippen LogP contribution in [0.15, 0.2) is 12.5 Å². The third kappa shape index (κ3) is 10.2. The van der Waals surface area contributed by atoms with Crippen LogP contribution in [0.1, 0.15) is 38.8 Å². The topological polar surface area (TPSA) is 260 Å². The summed E-state index contributed by atoms with van der Waals surface area (Å²) in [6, 6.07) is -5.40. The third-order valence-electron chi connectivity index (χ3n) is 4.88. The van der Waals surface area contributed by atoms with Crippen LogP contribution in [0.5, 0.6) is 0 Å². The monoisotopic (exact) mass is 497 g/mol. The molecule has 15 heteroatoms. The molecule has 1 aromatic rings. The molecule has 0 fully saturated rings. The first-order valence-electron chi connectivity index (χ1n) is 10.7. The number of imidazole rings is 1. The molecular weight excluding hydrogens is 466 g/mol. The second-order valence-electron chi connectivity index (χ2n) is 8.18. The van der Waals surface area contributed by atoms with E-state index in [4.69, 9.17) is 16.6 Å². The van der Waals surface area contributed by atoms with Crippen LogP contribution < -0.4 is 27.4 Å². The molecular formula is C20H31N7O8. The number of carboxylic acid groups (broad SMARTS) is 2. The summed E-state index contributed by atoms with van der Waals surface area (Å²) < 4.78 is 0. The van der Waals surface area contributed by atoms with Crippen molar-refractivity contribution in [2.24, 2.45) is 17.4 Å². The fourth-order valence-corrected chi connectivity index (χ4v) is 2.98. The van der Waals surface area contributed by atoms with Gasteiger partial charge in [0.2, 0.25) is 23.6 Å². The molecule has 194 valence electrons. The molecule has 4 unspecified atom stereocenters. The predicted octanol–water partition coefficient (Wildman–Crippen LogP) is -2.79. The average Bonchev–Trinajstić information content (AvgIpc) is 3.26. The molecule has 4 atom stereocenters. The molecule has 1 rings (SSSR count). The van der Waals surface area contributed by atoms with E-state index in [0.29, 0.717) is 5.69 Å². The van der Waals surface area contributed by atoms with E-state index in [9.17, 15) is 33.9 Å². The number of carbonyl (C=O) groups is 6. The number of primary amides is 1. The zero-order chi connectivity index (χ0) is 26.7. The Kier molecular flexibility index (Phi) is 11.3. The quantitative estimate of drug-likeness (QED) is 0.123. The summed E-state index contributed by atoms with van der Waals surface area (Å²) in [6.45, 7) is 3.13. The van der Waals surface area contributed by atoms with E-state index in [1.54, 1.807) is 13.8 Å². The maximum absolute atomic E-state index is 12.8. The van der Waals surface area contributed by atoms with Gasteiger partial charge in [0.25, 0.3) is 0 Å². The highest BCUT2D eigenvalue weighted by atomic mass is 16.4. The molecule has 0 saturated heterocycles. The van der Waals surface area contributed by atoms with E-state index in [1.165, 1.54) is 12.5 Å². The maximum Gasteiger partial charge on any atom is 0.326 e. The zero-order valence-electron chi connectivity index (χ0n) is 19.3. The van der Waals surface area contributed by atoms with Crippen LogP contribution in [-0.2, 0) is 35.2 Å². The molecule has 4 amide bonds. The maximum atomic E-state index is 12.8. The molecule has 0 aliphatic rings. The zero-order valence-corrected chi connectivity index (χ0v) is 19.3. The minimum Gasteiger partial charge on any atom is -0.481 e. The van der Waals surface area contributed by atoms with Crippen molar-refractivity contribution in [1.82, 2.24) is 25.9 Å². The number of aliphatic carboxylic acids is 2. The van der Waals surface area contributed by atoms with E-state index in [0.717, 1.165) is 0 Å². The number of hydrogen-bond donors (Lipinski definition) is 8. The second-order valence-corrected chi connectivity index (χ2v) is 8.18. The number of carboxylic acids is 2. The predicted molar refractivity (Wildman–Crippen MR) is 119 cm³/mol. The van der Waals surface area contributed by atoms with Gasteiger partial charge in [-0.1, -0.05) is 13.8 Å². The van der Waals surface area contributed by atoms with Gasteiger partial charge < -0.3 is 42.6 Å².